The van der Waals surface area contributed by atoms with Gasteiger partial charge in [-0.15, -0.1) is 0 Å². The minimum atomic E-state index is -1.51. The number of carbonyl (C=O) groups is 7. The molecule has 1 heterocycles. The first-order valence-electron chi connectivity index (χ1n) is 27.6. The number of likely N-dealkylation sites (N-methyl/N-ethyl adjacent to an activating group) is 1. The molecule has 0 radical (unpaired) electrons. The van der Waals surface area contributed by atoms with E-state index in [2.05, 4.69) is 33.5 Å². The number of nitrogens with zero attached hydrogens (tertiary/aromatic N) is 1. The zero-order valence-electron chi connectivity index (χ0n) is 45.5. The molecule has 2 fully saturated rings. The Morgan fingerprint density at radius 1 is 0.688 bits per heavy atom. The largest absolute Gasteiger partial charge is 0.460 e. The van der Waals surface area contributed by atoms with Crippen LogP contribution in [0.2, 0.25) is 0 Å². The molecule has 4 aromatic carbocycles. The van der Waals surface area contributed by atoms with Crippen molar-refractivity contribution in [2.75, 3.05) is 20.1 Å². The SMILES string of the molecule is CCCCCC[C@H]1OC(=O)CNC(=O)[C@H]([C@H](C)OCc2ccccc2)NC(=O)[C@H](CNC(=O)OCc2ccccc2)NC(=O)[C@H](C2CCCCC2)NC(=O)[C@H](CC(C)C)N(C)C(=O)[C@@H]1Cc1ccc(-c2ccccc2)cc1. The predicted octanol–water partition coefficient (Wildman–Crippen LogP) is 7.96. The van der Waals surface area contributed by atoms with Crippen molar-refractivity contribution in [1.82, 2.24) is 31.5 Å². The number of amides is 6. The summed E-state index contributed by atoms with van der Waals surface area (Å²) in [5.41, 5.74) is 4.35. The topological polar surface area (TPSA) is 211 Å². The third kappa shape index (κ3) is 18.6. The Balaban J connectivity index is 1.39. The van der Waals surface area contributed by atoms with Gasteiger partial charge < -0.3 is 45.7 Å². The molecule has 0 spiro atoms. The fraction of sp³-hybridized carbons (Fsp3) is 0.492. The van der Waals surface area contributed by atoms with Gasteiger partial charge in [-0.1, -0.05) is 175 Å². The maximum Gasteiger partial charge on any atom is 0.407 e. The number of hydrogen-bond acceptors (Lipinski definition) is 10. The van der Waals surface area contributed by atoms with Crippen molar-refractivity contribution < 1.29 is 47.8 Å². The van der Waals surface area contributed by atoms with Crippen molar-refractivity contribution in [3.05, 3.63) is 132 Å². The average molecular weight is 1060 g/mol. The van der Waals surface area contributed by atoms with Crippen LogP contribution >= 0.6 is 0 Å². The molecule has 0 unspecified atom stereocenters. The van der Waals surface area contributed by atoms with Crippen molar-refractivity contribution in [1.29, 1.82) is 0 Å². The Kier molecular flexibility index (Phi) is 23.5. The Hall–Kier alpha value is -7.07. The summed E-state index contributed by atoms with van der Waals surface area (Å²) < 4.78 is 17.9. The lowest BCUT2D eigenvalue weighted by Crippen LogP contribution is -2.63. The van der Waals surface area contributed by atoms with Crippen molar-refractivity contribution >= 4 is 41.6 Å². The van der Waals surface area contributed by atoms with Gasteiger partial charge in [0, 0.05) is 7.05 Å². The number of alkyl carbamates (subject to hydrolysis) is 1. The molecule has 0 aromatic heterocycles. The van der Waals surface area contributed by atoms with Gasteiger partial charge >= 0.3 is 12.1 Å². The molecule has 2 aliphatic rings. The maximum absolute atomic E-state index is 15.4. The van der Waals surface area contributed by atoms with Crippen molar-refractivity contribution in [3.63, 3.8) is 0 Å². The summed E-state index contributed by atoms with van der Waals surface area (Å²) in [5.74, 6) is -5.49. The van der Waals surface area contributed by atoms with Crippen molar-refractivity contribution in [3.8, 4) is 11.1 Å². The molecule has 6 rings (SSSR count). The van der Waals surface area contributed by atoms with Gasteiger partial charge in [-0.25, -0.2) is 4.79 Å². The van der Waals surface area contributed by atoms with Crippen LogP contribution in [-0.4, -0.2) is 103 Å². The molecule has 1 aliphatic carbocycles. The fourth-order valence-electron chi connectivity index (χ4n) is 10.1. The van der Waals surface area contributed by atoms with Crippen LogP contribution in [0.4, 0.5) is 4.79 Å². The molecule has 16 heteroatoms. The first-order valence-corrected chi connectivity index (χ1v) is 27.6. The second-order valence-corrected chi connectivity index (χ2v) is 20.9. The lowest BCUT2D eigenvalue weighted by molar-refractivity contribution is -0.158. The predicted molar refractivity (Wildman–Crippen MR) is 294 cm³/mol. The first kappa shape index (κ1) is 59.2. The van der Waals surface area contributed by atoms with Gasteiger partial charge in [0.25, 0.3) is 0 Å². The molecule has 414 valence electrons. The summed E-state index contributed by atoms with van der Waals surface area (Å²) in [4.78, 5) is 103. The number of nitrogens with one attached hydrogen (secondary N) is 5. The average Bonchev–Trinajstić information content (AvgIpc) is 3.45. The summed E-state index contributed by atoms with van der Waals surface area (Å²) in [5, 5.41) is 13.9. The van der Waals surface area contributed by atoms with Crippen molar-refractivity contribution in [2.24, 2.45) is 17.8 Å². The zero-order valence-corrected chi connectivity index (χ0v) is 45.5. The molecular formula is C61H80N6O10. The minimum Gasteiger partial charge on any atom is -0.460 e. The Morgan fingerprint density at radius 3 is 1.95 bits per heavy atom. The lowest BCUT2D eigenvalue weighted by atomic mass is 9.83. The normalized spacial score (nSPS) is 22.0. The second kappa shape index (κ2) is 30.6. The highest BCUT2D eigenvalue weighted by molar-refractivity contribution is 5.97. The number of rotatable bonds is 19. The van der Waals surface area contributed by atoms with E-state index in [1.54, 1.807) is 38.2 Å². The molecule has 1 saturated carbocycles. The summed E-state index contributed by atoms with van der Waals surface area (Å²) in [6, 6.07) is 30.9. The van der Waals surface area contributed by atoms with E-state index in [1.165, 1.54) is 4.90 Å². The van der Waals surface area contributed by atoms with Gasteiger partial charge in [0.1, 0.15) is 43.4 Å². The molecule has 77 heavy (non-hydrogen) atoms. The number of esters is 1. The van der Waals surface area contributed by atoms with E-state index in [0.717, 1.165) is 66.3 Å². The molecule has 1 aliphatic heterocycles. The smallest absolute Gasteiger partial charge is 0.407 e. The third-order valence-corrected chi connectivity index (χ3v) is 14.5. The number of ether oxygens (including phenoxy) is 3. The van der Waals surface area contributed by atoms with E-state index >= 15 is 9.59 Å². The molecule has 4 aromatic rings. The standard InChI is InChI=1S/C61H80N6O10/c1-6-7-8-21-30-52-49(36-43-31-33-47(34-32-43)46-26-17-11-18-27-46)60(73)67(5)51(35-41(2)3)57(70)66-55(48-28-19-12-20-29-48)59(72)64-50(37-63-61(74)76-40-45-24-15-10-16-25-45)56(69)65-54(58(71)62-38-53(68)77-52)42(4)75-39-44-22-13-9-14-23-44/h9-11,13-18,22-27,31-34,41-42,48-52,54-55H,6-8,12,19-21,28-30,35-40H2,1-5H3,(H,62,71)(H,63,74)(H,64,72)(H,65,69)(H,66,70)/t42-,49+,50-,51-,52+,54-,55-/m0/s1. The highest BCUT2D eigenvalue weighted by Gasteiger charge is 2.41. The van der Waals surface area contributed by atoms with Crippen molar-refractivity contribution in [2.45, 2.75) is 154 Å². The fourth-order valence-corrected chi connectivity index (χ4v) is 10.1. The Bertz CT molecular complexity index is 2510. The molecule has 0 bridgehead atoms. The van der Waals surface area contributed by atoms with E-state index in [-0.39, 0.29) is 37.9 Å². The van der Waals surface area contributed by atoms with Crippen LogP contribution in [0, 0.1) is 17.8 Å². The van der Waals surface area contributed by atoms with Gasteiger partial charge in [0.2, 0.25) is 29.5 Å². The van der Waals surface area contributed by atoms with Crippen LogP contribution in [-0.2, 0) is 62.6 Å². The van der Waals surface area contributed by atoms with E-state index in [9.17, 15) is 24.0 Å². The van der Waals surface area contributed by atoms with Gasteiger partial charge in [-0.3, -0.25) is 28.8 Å². The highest BCUT2D eigenvalue weighted by Crippen LogP contribution is 2.30. The van der Waals surface area contributed by atoms with E-state index < -0.39 is 97.0 Å². The third-order valence-electron chi connectivity index (χ3n) is 14.5. The van der Waals surface area contributed by atoms with Gasteiger partial charge in [0.15, 0.2) is 0 Å². The van der Waals surface area contributed by atoms with Gasteiger partial charge in [-0.2, -0.15) is 0 Å². The van der Waals surface area contributed by atoms with E-state index in [0.29, 0.717) is 25.7 Å². The Labute approximate surface area is 454 Å². The number of hydrogen-bond donors (Lipinski definition) is 5. The monoisotopic (exact) mass is 1060 g/mol. The summed E-state index contributed by atoms with van der Waals surface area (Å²) in [7, 11) is 1.58. The lowest BCUT2D eigenvalue weighted by Gasteiger charge is -2.36. The highest BCUT2D eigenvalue weighted by atomic mass is 16.6. The number of unbranched alkanes of at least 4 members (excludes halogenated alkanes) is 3. The zero-order chi connectivity index (χ0) is 55.1. The number of carbonyl (C=O) groups excluding carboxylic acids is 7. The molecular weight excluding hydrogens is 977 g/mol. The maximum atomic E-state index is 15.4. The van der Waals surface area contributed by atoms with Crippen LogP contribution in [0.25, 0.3) is 11.1 Å². The molecule has 16 nitrogen and oxygen atoms in total. The second-order valence-electron chi connectivity index (χ2n) is 20.9. The molecule has 6 amide bonds. The summed E-state index contributed by atoms with van der Waals surface area (Å²) in [6.45, 7) is 6.50. The van der Waals surface area contributed by atoms with E-state index in [4.69, 9.17) is 14.2 Å². The van der Waals surface area contributed by atoms with Crippen LogP contribution in [0.1, 0.15) is 115 Å². The summed E-state index contributed by atoms with van der Waals surface area (Å²) in [6.07, 6.45) is 5.00. The van der Waals surface area contributed by atoms with Gasteiger partial charge in [-0.05, 0) is 85.1 Å². The van der Waals surface area contributed by atoms with E-state index in [1.807, 2.05) is 105 Å². The van der Waals surface area contributed by atoms with Crippen LogP contribution in [0.3, 0.4) is 0 Å². The summed E-state index contributed by atoms with van der Waals surface area (Å²) >= 11 is 0. The van der Waals surface area contributed by atoms with Gasteiger partial charge in [0.05, 0.1) is 25.2 Å². The molecule has 1 saturated heterocycles. The quantitative estimate of drug-likeness (QED) is 0.0452. The Morgan fingerprint density at radius 2 is 1.31 bits per heavy atom. The van der Waals surface area contributed by atoms with Crippen LogP contribution in [0.5, 0.6) is 0 Å². The van der Waals surface area contributed by atoms with Crippen LogP contribution in [0.15, 0.2) is 115 Å². The minimum absolute atomic E-state index is 0.0661. The molecule has 7 atom stereocenters. The number of cyclic esters (lactones) is 1. The van der Waals surface area contributed by atoms with Crippen LogP contribution < -0.4 is 26.6 Å². The first-order chi connectivity index (χ1) is 37.2. The number of benzene rings is 4. The molecule has 5 N–H and O–H groups in total.